The van der Waals surface area contributed by atoms with Crippen molar-refractivity contribution in [3.63, 3.8) is 0 Å². The van der Waals surface area contributed by atoms with Crippen LogP contribution in [-0.2, 0) is 4.79 Å². The molecule has 76 valence electrons. The molecule has 1 rings (SSSR count). The van der Waals surface area contributed by atoms with Gasteiger partial charge in [-0.15, -0.1) is 0 Å². The largest absolute Gasteiger partial charge is 0.480 e. The first-order valence-corrected chi connectivity index (χ1v) is 4.32. The average Bonchev–Trinajstić information content (AvgIpc) is 2.16. The highest BCUT2D eigenvalue weighted by Crippen LogP contribution is 2.24. The number of aliphatic carboxylic acids is 1. The predicted molar refractivity (Wildman–Crippen MR) is 52.0 cm³/mol. The molecule has 0 heterocycles. The van der Waals surface area contributed by atoms with Crippen LogP contribution in [0.4, 0.5) is 0 Å². The number of carbonyl (C=O) groups is 1. The molecule has 0 saturated heterocycles. The molecule has 1 aromatic rings. The van der Waals surface area contributed by atoms with E-state index in [4.69, 9.17) is 22.4 Å². The molecule has 4 nitrogen and oxygen atoms in total. The van der Waals surface area contributed by atoms with Crippen LogP contribution in [0.1, 0.15) is 11.7 Å². The lowest BCUT2D eigenvalue weighted by atomic mass is 10.0. The zero-order chi connectivity index (χ0) is 10.7. The van der Waals surface area contributed by atoms with Crippen molar-refractivity contribution in [3.05, 3.63) is 34.9 Å². The van der Waals surface area contributed by atoms with Crippen molar-refractivity contribution in [1.29, 1.82) is 0 Å². The number of carboxylic acids is 1. The molecule has 14 heavy (non-hydrogen) atoms. The van der Waals surface area contributed by atoms with Gasteiger partial charge in [0, 0.05) is 10.6 Å². The molecule has 1 unspecified atom stereocenters. The van der Waals surface area contributed by atoms with Crippen LogP contribution in [0.15, 0.2) is 24.3 Å². The Labute approximate surface area is 85.9 Å². The van der Waals surface area contributed by atoms with Gasteiger partial charge >= 0.3 is 5.97 Å². The number of rotatable bonds is 3. The van der Waals surface area contributed by atoms with E-state index in [-0.39, 0.29) is 0 Å². The van der Waals surface area contributed by atoms with Crippen LogP contribution < -0.4 is 5.73 Å². The predicted octanol–water partition coefficient (Wildman–Crippen LogP) is 0.785. The second-order valence-corrected chi connectivity index (χ2v) is 3.24. The maximum atomic E-state index is 10.5. The fourth-order valence-electron chi connectivity index (χ4n) is 1.04. The lowest BCUT2D eigenvalue weighted by Gasteiger charge is -2.16. The Kier molecular flexibility index (Phi) is 3.46. The minimum absolute atomic E-state index is 0.303. The van der Waals surface area contributed by atoms with Gasteiger partial charge in [0.1, 0.15) is 12.1 Å². The summed E-state index contributed by atoms with van der Waals surface area (Å²) in [6.07, 6.45) is -1.29. The van der Waals surface area contributed by atoms with Crippen molar-refractivity contribution in [2.75, 3.05) is 0 Å². The van der Waals surface area contributed by atoms with Crippen LogP contribution in [0, 0.1) is 0 Å². The zero-order valence-electron chi connectivity index (χ0n) is 7.22. The molecule has 0 amide bonds. The van der Waals surface area contributed by atoms with Crippen LogP contribution >= 0.6 is 11.6 Å². The Morgan fingerprint density at radius 1 is 1.43 bits per heavy atom. The van der Waals surface area contributed by atoms with Crippen LogP contribution in [0.25, 0.3) is 0 Å². The number of halogens is 1. The first-order valence-electron chi connectivity index (χ1n) is 3.95. The number of benzene rings is 1. The molecule has 4 N–H and O–H groups in total. The van der Waals surface area contributed by atoms with E-state index < -0.39 is 18.1 Å². The molecule has 0 aliphatic carbocycles. The summed E-state index contributed by atoms with van der Waals surface area (Å²) in [5.74, 6) is -1.27. The average molecular weight is 216 g/mol. The molecule has 0 aromatic heterocycles. The van der Waals surface area contributed by atoms with E-state index in [2.05, 4.69) is 0 Å². The third-order valence-electron chi connectivity index (χ3n) is 1.85. The highest BCUT2D eigenvalue weighted by atomic mass is 35.5. The lowest BCUT2D eigenvalue weighted by Crippen LogP contribution is -2.36. The second-order valence-electron chi connectivity index (χ2n) is 2.83. The summed E-state index contributed by atoms with van der Waals surface area (Å²) < 4.78 is 0. The molecule has 0 bridgehead atoms. The van der Waals surface area contributed by atoms with Crippen LogP contribution in [0.3, 0.4) is 0 Å². The maximum absolute atomic E-state index is 10.5. The third kappa shape index (κ3) is 2.23. The van der Waals surface area contributed by atoms with E-state index in [1.807, 2.05) is 0 Å². The molecule has 0 radical (unpaired) electrons. The summed E-state index contributed by atoms with van der Waals surface area (Å²) in [5.41, 5.74) is 5.58. The molecule has 0 aliphatic heterocycles. The van der Waals surface area contributed by atoms with Gasteiger partial charge in [0.15, 0.2) is 0 Å². The van der Waals surface area contributed by atoms with E-state index in [1.54, 1.807) is 18.2 Å². The smallest absolute Gasteiger partial charge is 0.323 e. The quantitative estimate of drug-likeness (QED) is 0.696. The Morgan fingerprint density at radius 2 is 2.00 bits per heavy atom. The standard InChI is InChI=1S/C9H10ClNO3/c10-6-4-2-1-3-5(6)8(12)7(11)9(13)14/h1-4,7-8,12H,11H2,(H,13,14)/t7-,8?/m0/s1. The maximum Gasteiger partial charge on any atom is 0.323 e. The van der Waals surface area contributed by atoms with Gasteiger partial charge in [-0.1, -0.05) is 29.8 Å². The molecule has 0 aliphatic rings. The highest BCUT2D eigenvalue weighted by molar-refractivity contribution is 6.31. The van der Waals surface area contributed by atoms with Gasteiger partial charge < -0.3 is 15.9 Å². The fourth-order valence-corrected chi connectivity index (χ4v) is 1.29. The molecule has 1 aromatic carbocycles. The molecule has 0 saturated carbocycles. The van der Waals surface area contributed by atoms with Crippen LogP contribution in [-0.4, -0.2) is 22.2 Å². The Bertz CT molecular complexity index is 343. The van der Waals surface area contributed by atoms with Gasteiger partial charge in [0.05, 0.1) is 0 Å². The normalized spacial score (nSPS) is 14.8. The number of hydrogen-bond acceptors (Lipinski definition) is 3. The van der Waals surface area contributed by atoms with Gasteiger partial charge in [-0.25, -0.2) is 0 Å². The summed E-state index contributed by atoms with van der Waals surface area (Å²) in [6, 6.07) is 5.07. The molecular weight excluding hydrogens is 206 g/mol. The minimum atomic E-state index is -1.37. The third-order valence-corrected chi connectivity index (χ3v) is 2.19. The van der Waals surface area contributed by atoms with E-state index in [0.717, 1.165) is 0 Å². The van der Waals surface area contributed by atoms with Crippen molar-refractivity contribution < 1.29 is 15.0 Å². The summed E-state index contributed by atoms with van der Waals surface area (Å²) in [4.78, 5) is 10.5. The Morgan fingerprint density at radius 3 is 2.50 bits per heavy atom. The monoisotopic (exact) mass is 215 g/mol. The van der Waals surface area contributed by atoms with Gasteiger partial charge in [0.2, 0.25) is 0 Å². The molecule has 5 heteroatoms. The summed E-state index contributed by atoms with van der Waals surface area (Å²) in [6.45, 7) is 0. The van der Waals surface area contributed by atoms with Gasteiger partial charge in [0.25, 0.3) is 0 Å². The number of aliphatic hydroxyl groups excluding tert-OH is 1. The number of aliphatic hydroxyl groups is 1. The Hall–Kier alpha value is -1.10. The second kappa shape index (κ2) is 4.41. The van der Waals surface area contributed by atoms with Gasteiger partial charge in [-0.3, -0.25) is 4.79 Å². The van der Waals surface area contributed by atoms with Crippen LogP contribution in [0.5, 0.6) is 0 Å². The van der Waals surface area contributed by atoms with E-state index in [0.29, 0.717) is 10.6 Å². The fraction of sp³-hybridized carbons (Fsp3) is 0.222. The van der Waals surface area contributed by atoms with Crippen molar-refractivity contribution in [1.82, 2.24) is 0 Å². The van der Waals surface area contributed by atoms with Crippen molar-refractivity contribution in [3.8, 4) is 0 Å². The highest BCUT2D eigenvalue weighted by Gasteiger charge is 2.24. The summed E-state index contributed by atoms with van der Waals surface area (Å²) >= 11 is 5.76. The van der Waals surface area contributed by atoms with E-state index in [9.17, 15) is 9.90 Å². The SMILES string of the molecule is N[C@H](C(=O)O)C(O)c1ccccc1Cl. The van der Waals surface area contributed by atoms with Gasteiger partial charge in [-0.2, -0.15) is 0 Å². The van der Waals surface area contributed by atoms with Crippen molar-refractivity contribution >= 4 is 17.6 Å². The summed E-state index contributed by atoms with van der Waals surface area (Å²) in [5, 5.41) is 18.4. The number of hydrogen-bond donors (Lipinski definition) is 3. The molecule has 0 spiro atoms. The molecular formula is C9H10ClNO3. The van der Waals surface area contributed by atoms with Crippen molar-refractivity contribution in [2.45, 2.75) is 12.1 Å². The Balaban J connectivity index is 2.94. The van der Waals surface area contributed by atoms with E-state index in [1.165, 1.54) is 6.07 Å². The van der Waals surface area contributed by atoms with E-state index >= 15 is 0 Å². The zero-order valence-corrected chi connectivity index (χ0v) is 7.98. The van der Waals surface area contributed by atoms with Crippen LogP contribution in [0.2, 0.25) is 5.02 Å². The lowest BCUT2D eigenvalue weighted by molar-refractivity contribution is -0.141. The van der Waals surface area contributed by atoms with Gasteiger partial charge in [-0.05, 0) is 6.07 Å². The molecule has 2 atom stereocenters. The number of nitrogens with two attached hydrogens (primary N) is 1. The molecule has 0 fully saturated rings. The summed E-state index contributed by atoms with van der Waals surface area (Å²) in [7, 11) is 0. The number of carboxylic acid groups (broad SMARTS) is 1. The minimum Gasteiger partial charge on any atom is -0.480 e. The topological polar surface area (TPSA) is 83.6 Å². The first-order chi connectivity index (χ1) is 6.54. The van der Waals surface area contributed by atoms with Crippen molar-refractivity contribution in [2.24, 2.45) is 5.73 Å². The first kappa shape index (κ1) is 11.0.